The van der Waals surface area contributed by atoms with Crippen molar-refractivity contribution in [1.82, 2.24) is 14.9 Å². The Morgan fingerprint density at radius 1 is 1.38 bits per heavy atom. The minimum atomic E-state index is -0.178. The van der Waals surface area contributed by atoms with Crippen molar-refractivity contribution in [3.05, 3.63) is 53.9 Å². The van der Waals surface area contributed by atoms with E-state index in [-0.39, 0.29) is 11.9 Å². The van der Waals surface area contributed by atoms with Crippen LogP contribution in [0.25, 0.3) is 0 Å². The summed E-state index contributed by atoms with van der Waals surface area (Å²) in [4.78, 5) is 4.50. The first-order valence-electron chi connectivity index (χ1n) is 7.77. The van der Waals surface area contributed by atoms with Gasteiger partial charge < -0.3 is 9.88 Å². The van der Waals surface area contributed by atoms with E-state index in [0.717, 1.165) is 25.1 Å². The predicted octanol–water partition coefficient (Wildman–Crippen LogP) is 3.64. The van der Waals surface area contributed by atoms with Gasteiger partial charge in [-0.1, -0.05) is 19.1 Å². The van der Waals surface area contributed by atoms with E-state index in [4.69, 9.17) is 0 Å². The van der Waals surface area contributed by atoms with Gasteiger partial charge in [0.2, 0.25) is 0 Å². The Hall–Kier alpha value is -1.68. The fourth-order valence-electron chi connectivity index (χ4n) is 3.18. The second kappa shape index (κ2) is 6.39. The molecular weight excluding hydrogens is 265 g/mol. The molecule has 2 unspecified atom stereocenters. The lowest BCUT2D eigenvalue weighted by Gasteiger charge is -2.26. The van der Waals surface area contributed by atoms with Gasteiger partial charge >= 0.3 is 0 Å². The summed E-state index contributed by atoms with van der Waals surface area (Å²) < 4.78 is 15.3. The molecule has 4 heteroatoms. The predicted molar refractivity (Wildman–Crippen MR) is 81.6 cm³/mol. The lowest BCUT2D eigenvalue weighted by atomic mass is 9.97. The van der Waals surface area contributed by atoms with E-state index < -0.39 is 0 Å². The maximum absolute atomic E-state index is 13.0. The Morgan fingerprint density at radius 3 is 2.95 bits per heavy atom. The van der Waals surface area contributed by atoms with Crippen LogP contribution in [-0.4, -0.2) is 16.1 Å². The standard InChI is InChI=1S/C17H22FN3/c1-2-16(13-5-7-15(18)8-6-13)20-12-14-4-3-10-21-11-9-19-17(14)21/h5-9,11,14,16,20H,2-4,10,12H2,1H3. The molecule has 1 aliphatic rings. The topological polar surface area (TPSA) is 29.9 Å². The molecule has 3 rings (SSSR count). The first-order chi connectivity index (χ1) is 10.3. The largest absolute Gasteiger partial charge is 0.335 e. The van der Waals surface area contributed by atoms with E-state index in [1.54, 1.807) is 0 Å². The molecule has 0 saturated carbocycles. The van der Waals surface area contributed by atoms with Crippen molar-refractivity contribution in [3.8, 4) is 0 Å². The van der Waals surface area contributed by atoms with Gasteiger partial charge in [-0.2, -0.15) is 0 Å². The smallest absolute Gasteiger partial charge is 0.123 e. The number of aryl methyl sites for hydroxylation is 1. The van der Waals surface area contributed by atoms with E-state index in [1.807, 2.05) is 18.3 Å². The van der Waals surface area contributed by atoms with Gasteiger partial charge in [-0.15, -0.1) is 0 Å². The molecule has 0 aliphatic carbocycles. The van der Waals surface area contributed by atoms with Crippen molar-refractivity contribution >= 4 is 0 Å². The molecule has 0 saturated heterocycles. The van der Waals surface area contributed by atoms with Gasteiger partial charge in [-0.25, -0.2) is 9.37 Å². The van der Waals surface area contributed by atoms with Crippen LogP contribution in [0, 0.1) is 5.82 Å². The Bertz CT molecular complexity index is 576. The molecule has 21 heavy (non-hydrogen) atoms. The maximum atomic E-state index is 13.0. The molecule has 0 bridgehead atoms. The lowest BCUT2D eigenvalue weighted by Crippen LogP contribution is -2.29. The highest BCUT2D eigenvalue weighted by Gasteiger charge is 2.22. The lowest BCUT2D eigenvalue weighted by molar-refractivity contribution is 0.398. The second-order valence-corrected chi connectivity index (χ2v) is 5.74. The van der Waals surface area contributed by atoms with Gasteiger partial charge in [-0.3, -0.25) is 0 Å². The van der Waals surface area contributed by atoms with Crippen LogP contribution in [0.3, 0.4) is 0 Å². The maximum Gasteiger partial charge on any atom is 0.123 e. The van der Waals surface area contributed by atoms with Crippen molar-refractivity contribution in [2.75, 3.05) is 6.54 Å². The number of aromatic nitrogens is 2. The molecule has 2 aromatic rings. The molecule has 0 spiro atoms. The first kappa shape index (κ1) is 14.3. The third kappa shape index (κ3) is 3.16. The SMILES string of the molecule is CCC(NCC1CCCn2ccnc21)c1ccc(F)cc1. The van der Waals surface area contributed by atoms with E-state index in [1.165, 1.54) is 30.8 Å². The van der Waals surface area contributed by atoms with Gasteiger partial charge in [-0.05, 0) is 37.0 Å². The third-order valence-electron chi connectivity index (χ3n) is 4.36. The average molecular weight is 287 g/mol. The summed E-state index contributed by atoms with van der Waals surface area (Å²) in [6.07, 6.45) is 7.35. The zero-order chi connectivity index (χ0) is 14.7. The number of hydrogen-bond acceptors (Lipinski definition) is 2. The summed E-state index contributed by atoms with van der Waals surface area (Å²) in [5.74, 6) is 1.49. The minimum absolute atomic E-state index is 0.178. The zero-order valence-electron chi connectivity index (χ0n) is 12.4. The van der Waals surface area contributed by atoms with Gasteiger partial charge in [0.25, 0.3) is 0 Å². The molecule has 2 heterocycles. The summed E-state index contributed by atoms with van der Waals surface area (Å²) in [6.45, 7) is 4.16. The molecule has 2 atom stereocenters. The molecule has 1 aromatic heterocycles. The summed E-state index contributed by atoms with van der Waals surface area (Å²) >= 11 is 0. The third-order valence-corrected chi connectivity index (χ3v) is 4.36. The number of hydrogen-bond donors (Lipinski definition) is 1. The van der Waals surface area contributed by atoms with Crippen LogP contribution in [0.1, 0.15) is 49.5 Å². The van der Waals surface area contributed by atoms with E-state index in [2.05, 4.69) is 28.0 Å². The summed E-state index contributed by atoms with van der Waals surface area (Å²) in [7, 11) is 0. The molecule has 0 amide bonds. The van der Waals surface area contributed by atoms with Crippen molar-refractivity contribution in [2.24, 2.45) is 0 Å². The molecule has 1 aromatic carbocycles. The van der Waals surface area contributed by atoms with Crippen LogP contribution in [0.15, 0.2) is 36.7 Å². The Morgan fingerprint density at radius 2 is 2.19 bits per heavy atom. The van der Waals surface area contributed by atoms with Gasteiger partial charge in [0.15, 0.2) is 0 Å². The van der Waals surface area contributed by atoms with Crippen molar-refractivity contribution in [2.45, 2.75) is 44.7 Å². The van der Waals surface area contributed by atoms with Crippen molar-refractivity contribution in [1.29, 1.82) is 0 Å². The van der Waals surface area contributed by atoms with Gasteiger partial charge in [0.1, 0.15) is 11.6 Å². The Labute approximate surface area is 125 Å². The van der Waals surface area contributed by atoms with Crippen LogP contribution >= 0.6 is 0 Å². The Kier molecular flexibility index (Phi) is 4.34. The van der Waals surface area contributed by atoms with Crippen molar-refractivity contribution < 1.29 is 4.39 Å². The molecular formula is C17H22FN3. The fourth-order valence-corrected chi connectivity index (χ4v) is 3.18. The number of halogens is 1. The molecule has 1 N–H and O–H groups in total. The zero-order valence-corrected chi connectivity index (χ0v) is 12.4. The molecule has 112 valence electrons. The monoisotopic (exact) mass is 287 g/mol. The number of fused-ring (bicyclic) bond motifs is 1. The van der Waals surface area contributed by atoms with E-state index >= 15 is 0 Å². The highest BCUT2D eigenvalue weighted by molar-refractivity contribution is 5.20. The number of imidazole rings is 1. The van der Waals surface area contributed by atoms with Crippen LogP contribution in [0.5, 0.6) is 0 Å². The van der Waals surface area contributed by atoms with Gasteiger partial charge in [0.05, 0.1) is 0 Å². The number of benzene rings is 1. The minimum Gasteiger partial charge on any atom is -0.335 e. The summed E-state index contributed by atoms with van der Waals surface area (Å²) in [5, 5.41) is 3.63. The highest BCUT2D eigenvalue weighted by Crippen LogP contribution is 2.26. The second-order valence-electron chi connectivity index (χ2n) is 5.74. The molecule has 0 radical (unpaired) electrons. The average Bonchev–Trinajstić information content (AvgIpc) is 2.99. The number of nitrogens with zero attached hydrogens (tertiary/aromatic N) is 2. The van der Waals surface area contributed by atoms with Crippen LogP contribution in [-0.2, 0) is 6.54 Å². The number of rotatable bonds is 5. The van der Waals surface area contributed by atoms with E-state index in [0.29, 0.717) is 5.92 Å². The normalized spacial score (nSPS) is 19.2. The van der Waals surface area contributed by atoms with Crippen LogP contribution in [0.2, 0.25) is 0 Å². The van der Waals surface area contributed by atoms with E-state index in [9.17, 15) is 4.39 Å². The fraction of sp³-hybridized carbons (Fsp3) is 0.471. The molecule has 0 fully saturated rings. The van der Waals surface area contributed by atoms with Crippen molar-refractivity contribution in [3.63, 3.8) is 0 Å². The Balaban J connectivity index is 1.65. The summed E-state index contributed by atoms with van der Waals surface area (Å²) in [5.41, 5.74) is 1.15. The van der Waals surface area contributed by atoms with Gasteiger partial charge in [0, 0.05) is 37.4 Å². The summed E-state index contributed by atoms with van der Waals surface area (Å²) in [6, 6.07) is 7.09. The molecule has 3 nitrogen and oxygen atoms in total. The highest BCUT2D eigenvalue weighted by atomic mass is 19.1. The number of nitrogens with one attached hydrogen (secondary N) is 1. The van der Waals surface area contributed by atoms with Crippen LogP contribution in [0.4, 0.5) is 4.39 Å². The quantitative estimate of drug-likeness (QED) is 0.910. The molecule has 1 aliphatic heterocycles. The first-order valence-corrected chi connectivity index (χ1v) is 7.77. The van der Waals surface area contributed by atoms with Crippen LogP contribution < -0.4 is 5.32 Å².